The van der Waals surface area contributed by atoms with E-state index < -0.39 is 0 Å². The summed E-state index contributed by atoms with van der Waals surface area (Å²) in [6, 6.07) is 2.41. The predicted molar refractivity (Wildman–Crippen MR) is 36.3 cm³/mol. The second-order valence-electron chi connectivity index (χ2n) is 3.41. The lowest BCUT2D eigenvalue weighted by Crippen LogP contribution is -2.28. The molecule has 1 heterocycles. The highest BCUT2D eigenvalue weighted by Gasteiger charge is 2.42. The van der Waals surface area contributed by atoms with Crippen molar-refractivity contribution in [1.29, 1.82) is 5.26 Å². The molecule has 0 aromatic rings. The van der Waals surface area contributed by atoms with Gasteiger partial charge in [0.1, 0.15) is 0 Å². The van der Waals surface area contributed by atoms with Crippen LogP contribution in [-0.4, -0.2) is 12.7 Å². The molecule has 0 amide bonds. The average Bonchev–Trinajstić information content (AvgIpc) is 2.62. The van der Waals surface area contributed by atoms with Gasteiger partial charge in [0.25, 0.3) is 0 Å². The minimum atomic E-state index is 0.0289. The summed E-state index contributed by atoms with van der Waals surface area (Å²) in [7, 11) is 0. The zero-order valence-electron chi connectivity index (χ0n) is 5.97. The second-order valence-corrected chi connectivity index (χ2v) is 3.41. The first kappa shape index (κ1) is 6.18. The standard InChI is InChI=1S/C8H11NO/c9-6-8(2-1-3-8)4-7-5-10-7/h7H,1-5H2. The van der Waals surface area contributed by atoms with E-state index in [2.05, 4.69) is 6.07 Å². The van der Waals surface area contributed by atoms with Crippen LogP contribution in [-0.2, 0) is 4.74 Å². The largest absolute Gasteiger partial charge is 0.373 e. The molecule has 1 saturated carbocycles. The Morgan fingerprint density at radius 1 is 1.60 bits per heavy atom. The van der Waals surface area contributed by atoms with Crippen LogP contribution in [0.15, 0.2) is 0 Å². The molecule has 0 bridgehead atoms. The Balaban J connectivity index is 1.92. The molecule has 0 spiro atoms. The van der Waals surface area contributed by atoms with E-state index in [1.165, 1.54) is 6.42 Å². The lowest BCUT2D eigenvalue weighted by molar-refractivity contribution is 0.176. The molecule has 0 aromatic carbocycles. The van der Waals surface area contributed by atoms with E-state index in [0.717, 1.165) is 25.9 Å². The molecular weight excluding hydrogens is 126 g/mol. The molecule has 2 aliphatic rings. The summed E-state index contributed by atoms with van der Waals surface area (Å²) in [4.78, 5) is 0. The highest BCUT2D eigenvalue weighted by molar-refractivity contribution is 5.06. The smallest absolute Gasteiger partial charge is 0.0825 e. The van der Waals surface area contributed by atoms with Crippen molar-refractivity contribution in [1.82, 2.24) is 0 Å². The minimum Gasteiger partial charge on any atom is -0.373 e. The molecule has 1 aliphatic carbocycles. The first-order chi connectivity index (χ1) is 4.85. The second kappa shape index (κ2) is 1.96. The molecule has 0 N–H and O–H groups in total. The Morgan fingerprint density at radius 3 is 2.60 bits per heavy atom. The molecule has 0 radical (unpaired) electrons. The summed E-state index contributed by atoms with van der Waals surface area (Å²) < 4.78 is 5.09. The third-order valence-corrected chi connectivity index (χ3v) is 2.57. The summed E-state index contributed by atoms with van der Waals surface area (Å²) >= 11 is 0. The quantitative estimate of drug-likeness (QED) is 0.540. The maximum absolute atomic E-state index is 8.81. The summed E-state index contributed by atoms with van der Waals surface area (Å²) in [5.41, 5.74) is 0.0289. The highest BCUT2D eigenvalue weighted by Crippen LogP contribution is 2.46. The number of ether oxygens (including phenoxy) is 1. The fourth-order valence-corrected chi connectivity index (χ4v) is 1.59. The Labute approximate surface area is 60.8 Å². The number of hydrogen-bond donors (Lipinski definition) is 0. The van der Waals surface area contributed by atoms with Gasteiger partial charge in [0.05, 0.1) is 24.2 Å². The van der Waals surface area contributed by atoms with Gasteiger partial charge in [0.2, 0.25) is 0 Å². The molecule has 54 valence electrons. The van der Waals surface area contributed by atoms with E-state index in [9.17, 15) is 0 Å². The van der Waals surface area contributed by atoms with Crippen molar-refractivity contribution in [2.24, 2.45) is 5.41 Å². The van der Waals surface area contributed by atoms with Gasteiger partial charge in [-0.2, -0.15) is 5.26 Å². The van der Waals surface area contributed by atoms with Crippen LogP contribution in [0.3, 0.4) is 0 Å². The lowest BCUT2D eigenvalue weighted by atomic mass is 9.67. The molecule has 2 fully saturated rings. The van der Waals surface area contributed by atoms with Crippen molar-refractivity contribution >= 4 is 0 Å². The van der Waals surface area contributed by atoms with Crippen LogP contribution in [0.2, 0.25) is 0 Å². The van der Waals surface area contributed by atoms with Gasteiger partial charge in [-0.15, -0.1) is 0 Å². The molecule has 10 heavy (non-hydrogen) atoms. The normalized spacial score (nSPS) is 34.1. The maximum atomic E-state index is 8.81. The van der Waals surface area contributed by atoms with Crippen LogP contribution in [0.4, 0.5) is 0 Å². The van der Waals surface area contributed by atoms with Gasteiger partial charge in [-0.25, -0.2) is 0 Å². The lowest BCUT2D eigenvalue weighted by Gasteiger charge is -2.34. The molecular formula is C8H11NO. The Bertz CT molecular complexity index is 174. The van der Waals surface area contributed by atoms with E-state index in [1.807, 2.05) is 0 Å². The molecule has 0 aromatic heterocycles. The molecule has 1 aliphatic heterocycles. The first-order valence-corrected chi connectivity index (χ1v) is 3.88. The van der Waals surface area contributed by atoms with Gasteiger partial charge in [-0.1, -0.05) is 6.42 Å². The summed E-state index contributed by atoms with van der Waals surface area (Å²) in [5.74, 6) is 0. The van der Waals surface area contributed by atoms with E-state index in [-0.39, 0.29) is 5.41 Å². The van der Waals surface area contributed by atoms with Crippen LogP contribution >= 0.6 is 0 Å². The Morgan fingerprint density at radius 2 is 2.30 bits per heavy atom. The zero-order valence-corrected chi connectivity index (χ0v) is 5.97. The van der Waals surface area contributed by atoms with Crippen LogP contribution in [0.1, 0.15) is 25.7 Å². The van der Waals surface area contributed by atoms with E-state index >= 15 is 0 Å². The van der Waals surface area contributed by atoms with Crippen molar-refractivity contribution in [2.75, 3.05) is 6.61 Å². The van der Waals surface area contributed by atoms with Gasteiger partial charge in [0.15, 0.2) is 0 Å². The summed E-state index contributed by atoms with van der Waals surface area (Å²) in [6.07, 6.45) is 4.86. The number of nitrogens with zero attached hydrogens (tertiary/aromatic N) is 1. The molecule has 1 atom stereocenters. The third kappa shape index (κ3) is 0.911. The van der Waals surface area contributed by atoms with Crippen LogP contribution < -0.4 is 0 Å². The van der Waals surface area contributed by atoms with Gasteiger partial charge in [-0.3, -0.25) is 0 Å². The summed E-state index contributed by atoms with van der Waals surface area (Å²) in [5, 5.41) is 8.81. The van der Waals surface area contributed by atoms with Crippen molar-refractivity contribution in [3.63, 3.8) is 0 Å². The zero-order chi connectivity index (χ0) is 7.03. The topological polar surface area (TPSA) is 36.3 Å². The minimum absolute atomic E-state index is 0.0289. The summed E-state index contributed by atoms with van der Waals surface area (Å²) in [6.45, 7) is 0.892. The maximum Gasteiger partial charge on any atom is 0.0825 e. The number of hydrogen-bond acceptors (Lipinski definition) is 2. The van der Waals surface area contributed by atoms with Crippen molar-refractivity contribution in [3.05, 3.63) is 0 Å². The van der Waals surface area contributed by atoms with Crippen molar-refractivity contribution in [3.8, 4) is 6.07 Å². The Kier molecular flexibility index (Phi) is 1.21. The van der Waals surface area contributed by atoms with Gasteiger partial charge in [0, 0.05) is 0 Å². The highest BCUT2D eigenvalue weighted by atomic mass is 16.6. The molecule has 1 saturated heterocycles. The van der Waals surface area contributed by atoms with E-state index in [0.29, 0.717) is 6.10 Å². The average molecular weight is 137 g/mol. The van der Waals surface area contributed by atoms with Crippen LogP contribution in [0.5, 0.6) is 0 Å². The van der Waals surface area contributed by atoms with E-state index in [1.54, 1.807) is 0 Å². The third-order valence-electron chi connectivity index (χ3n) is 2.57. The number of rotatable bonds is 2. The SMILES string of the molecule is N#CC1(CC2CO2)CCC1. The fraction of sp³-hybridized carbons (Fsp3) is 0.875. The van der Waals surface area contributed by atoms with Crippen LogP contribution in [0.25, 0.3) is 0 Å². The van der Waals surface area contributed by atoms with E-state index in [4.69, 9.17) is 10.00 Å². The first-order valence-electron chi connectivity index (χ1n) is 3.88. The molecule has 2 nitrogen and oxygen atoms in total. The molecule has 1 unspecified atom stereocenters. The van der Waals surface area contributed by atoms with Crippen molar-refractivity contribution < 1.29 is 4.74 Å². The fourth-order valence-electron chi connectivity index (χ4n) is 1.59. The van der Waals surface area contributed by atoms with Gasteiger partial charge >= 0.3 is 0 Å². The number of nitriles is 1. The van der Waals surface area contributed by atoms with Crippen molar-refractivity contribution in [2.45, 2.75) is 31.8 Å². The predicted octanol–water partition coefficient (Wildman–Crippen LogP) is 1.47. The van der Waals surface area contributed by atoms with Gasteiger partial charge in [-0.05, 0) is 19.3 Å². The van der Waals surface area contributed by atoms with Gasteiger partial charge < -0.3 is 4.74 Å². The molecule has 2 rings (SSSR count). The monoisotopic (exact) mass is 137 g/mol. The van der Waals surface area contributed by atoms with Crippen LogP contribution in [0, 0.1) is 16.7 Å². The number of epoxide rings is 1. The molecule has 2 heteroatoms. The Hall–Kier alpha value is -0.550.